The predicted molar refractivity (Wildman–Crippen MR) is 119 cm³/mol. The summed E-state index contributed by atoms with van der Waals surface area (Å²) in [6.07, 6.45) is 0. The maximum absolute atomic E-state index is 12.8. The summed E-state index contributed by atoms with van der Waals surface area (Å²) in [5.41, 5.74) is 2.27. The summed E-state index contributed by atoms with van der Waals surface area (Å²) >= 11 is 0. The van der Waals surface area contributed by atoms with Gasteiger partial charge in [0.05, 0.1) is 19.1 Å². The van der Waals surface area contributed by atoms with Crippen LogP contribution in [0.3, 0.4) is 0 Å². The Hall–Kier alpha value is -2.70. The van der Waals surface area contributed by atoms with Gasteiger partial charge in [-0.2, -0.15) is 0 Å². The molecule has 6 heteroatoms. The second-order valence-electron chi connectivity index (χ2n) is 8.01. The number of carbonyl (C=O) groups is 2. The van der Waals surface area contributed by atoms with Gasteiger partial charge in [0.15, 0.2) is 0 Å². The first-order chi connectivity index (χ1) is 14.5. The van der Waals surface area contributed by atoms with Crippen molar-refractivity contribution in [2.45, 2.75) is 25.9 Å². The molecule has 0 saturated carbocycles. The molecule has 0 radical (unpaired) electrons. The van der Waals surface area contributed by atoms with Gasteiger partial charge in [-0.3, -0.25) is 19.8 Å². The zero-order chi connectivity index (χ0) is 21.3. The second-order valence-corrected chi connectivity index (χ2v) is 8.01. The topological polar surface area (TPSA) is 64.7 Å². The van der Waals surface area contributed by atoms with Gasteiger partial charge in [0.2, 0.25) is 11.8 Å². The van der Waals surface area contributed by atoms with Crippen LogP contribution in [0.2, 0.25) is 0 Å². The first-order valence-corrected chi connectivity index (χ1v) is 10.7. The molecule has 0 unspecified atom stereocenters. The van der Waals surface area contributed by atoms with Crippen LogP contribution in [-0.4, -0.2) is 66.9 Å². The highest BCUT2D eigenvalue weighted by atomic mass is 16.2. The van der Waals surface area contributed by atoms with Crippen LogP contribution >= 0.6 is 0 Å². The molecule has 3 rings (SSSR count). The van der Waals surface area contributed by atoms with Crippen molar-refractivity contribution >= 4 is 11.8 Å². The fraction of sp³-hybridized carbons (Fsp3) is 0.417. The zero-order valence-corrected chi connectivity index (χ0v) is 17.9. The Balaban J connectivity index is 1.52. The summed E-state index contributed by atoms with van der Waals surface area (Å²) in [5.74, 6) is 0.137. The fourth-order valence-corrected chi connectivity index (χ4v) is 3.75. The van der Waals surface area contributed by atoms with E-state index >= 15 is 0 Å². The summed E-state index contributed by atoms with van der Waals surface area (Å²) in [6.45, 7) is 7.33. The average molecular weight is 409 g/mol. The Morgan fingerprint density at radius 2 is 1.40 bits per heavy atom. The summed E-state index contributed by atoms with van der Waals surface area (Å²) < 4.78 is 0. The first-order valence-electron chi connectivity index (χ1n) is 10.7. The molecule has 2 aromatic carbocycles. The fourth-order valence-electron chi connectivity index (χ4n) is 3.75. The SMILES string of the molecule is CC(C)NC(=O)CN1CCN(C(=O)CNC(c2ccccc2)c2ccccc2)CC1. The van der Waals surface area contributed by atoms with Crippen LogP contribution in [0.5, 0.6) is 0 Å². The van der Waals surface area contributed by atoms with E-state index in [4.69, 9.17) is 0 Å². The largest absolute Gasteiger partial charge is 0.353 e. The van der Waals surface area contributed by atoms with Crippen molar-refractivity contribution in [3.63, 3.8) is 0 Å². The van der Waals surface area contributed by atoms with E-state index in [1.54, 1.807) is 0 Å². The first kappa shape index (κ1) is 22.0. The minimum atomic E-state index is -0.0302. The summed E-state index contributed by atoms with van der Waals surface area (Å²) in [4.78, 5) is 28.7. The van der Waals surface area contributed by atoms with Crippen LogP contribution in [0.25, 0.3) is 0 Å². The van der Waals surface area contributed by atoms with Gasteiger partial charge < -0.3 is 10.2 Å². The lowest BCUT2D eigenvalue weighted by atomic mass is 9.99. The molecule has 2 N–H and O–H groups in total. The number of hydrogen-bond acceptors (Lipinski definition) is 4. The van der Waals surface area contributed by atoms with Gasteiger partial charge in [0.1, 0.15) is 0 Å². The van der Waals surface area contributed by atoms with E-state index in [0.717, 1.165) is 24.2 Å². The van der Waals surface area contributed by atoms with E-state index in [1.807, 2.05) is 55.1 Å². The molecular formula is C24H32N4O2. The van der Waals surface area contributed by atoms with Gasteiger partial charge in [0.25, 0.3) is 0 Å². The molecule has 0 spiro atoms. The molecule has 1 aliphatic rings. The molecule has 1 heterocycles. The Morgan fingerprint density at radius 3 is 1.90 bits per heavy atom. The summed E-state index contributed by atoms with van der Waals surface area (Å²) in [7, 11) is 0. The Bertz CT molecular complexity index is 763. The van der Waals surface area contributed by atoms with Crippen molar-refractivity contribution in [3.05, 3.63) is 71.8 Å². The molecule has 0 bridgehead atoms. The highest BCUT2D eigenvalue weighted by Gasteiger charge is 2.23. The van der Waals surface area contributed by atoms with Crippen LogP contribution < -0.4 is 10.6 Å². The third-order valence-electron chi connectivity index (χ3n) is 5.27. The van der Waals surface area contributed by atoms with Gasteiger partial charge in [-0.25, -0.2) is 0 Å². The third kappa shape index (κ3) is 6.40. The molecule has 0 atom stereocenters. The highest BCUT2D eigenvalue weighted by Crippen LogP contribution is 2.21. The van der Waals surface area contributed by atoms with Crippen molar-refractivity contribution in [3.8, 4) is 0 Å². The molecule has 160 valence electrons. The molecule has 30 heavy (non-hydrogen) atoms. The second kappa shape index (κ2) is 10.9. The normalized spacial score (nSPS) is 14.9. The molecule has 2 aromatic rings. The number of nitrogens with zero attached hydrogens (tertiary/aromatic N) is 2. The third-order valence-corrected chi connectivity index (χ3v) is 5.27. The molecule has 0 aliphatic carbocycles. The Morgan fingerprint density at radius 1 is 0.867 bits per heavy atom. The van der Waals surface area contributed by atoms with E-state index in [2.05, 4.69) is 39.8 Å². The quantitative estimate of drug-likeness (QED) is 0.702. The van der Waals surface area contributed by atoms with Crippen LogP contribution in [0, 0.1) is 0 Å². The number of rotatable bonds is 8. The number of nitrogens with one attached hydrogen (secondary N) is 2. The van der Waals surface area contributed by atoms with Gasteiger partial charge in [-0.1, -0.05) is 60.7 Å². The molecule has 0 aromatic heterocycles. The van der Waals surface area contributed by atoms with E-state index < -0.39 is 0 Å². The number of piperazine rings is 1. The van der Waals surface area contributed by atoms with Crippen molar-refractivity contribution < 1.29 is 9.59 Å². The van der Waals surface area contributed by atoms with Gasteiger partial charge in [-0.15, -0.1) is 0 Å². The lowest BCUT2D eigenvalue weighted by molar-refractivity contribution is -0.132. The van der Waals surface area contributed by atoms with Crippen LogP contribution in [0.15, 0.2) is 60.7 Å². The molecule has 1 aliphatic heterocycles. The lowest BCUT2D eigenvalue weighted by Crippen LogP contribution is -2.53. The minimum Gasteiger partial charge on any atom is -0.353 e. The number of amides is 2. The molecule has 6 nitrogen and oxygen atoms in total. The maximum atomic E-state index is 12.8. The van der Waals surface area contributed by atoms with E-state index in [9.17, 15) is 9.59 Å². The molecule has 1 fully saturated rings. The van der Waals surface area contributed by atoms with Crippen LogP contribution in [0.4, 0.5) is 0 Å². The highest BCUT2D eigenvalue weighted by molar-refractivity contribution is 5.79. The molecular weight excluding hydrogens is 376 g/mol. The van der Waals surface area contributed by atoms with E-state index in [-0.39, 0.29) is 30.4 Å². The van der Waals surface area contributed by atoms with Gasteiger partial charge >= 0.3 is 0 Å². The van der Waals surface area contributed by atoms with Crippen LogP contribution in [0.1, 0.15) is 31.0 Å². The van der Waals surface area contributed by atoms with Crippen molar-refractivity contribution in [1.29, 1.82) is 0 Å². The van der Waals surface area contributed by atoms with Gasteiger partial charge in [-0.05, 0) is 25.0 Å². The summed E-state index contributed by atoms with van der Waals surface area (Å²) in [6, 6.07) is 20.5. The van der Waals surface area contributed by atoms with Crippen molar-refractivity contribution in [2.75, 3.05) is 39.3 Å². The van der Waals surface area contributed by atoms with Crippen molar-refractivity contribution in [2.24, 2.45) is 0 Å². The monoisotopic (exact) mass is 408 g/mol. The van der Waals surface area contributed by atoms with Crippen LogP contribution in [-0.2, 0) is 9.59 Å². The van der Waals surface area contributed by atoms with Gasteiger partial charge in [0, 0.05) is 32.2 Å². The average Bonchev–Trinajstić information content (AvgIpc) is 2.75. The molecule has 2 amide bonds. The van der Waals surface area contributed by atoms with E-state index in [0.29, 0.717) is 19.6 Å². The Labute approximate surface area is 179 Å². The molecule has 1 saturated heterocycles. The standard InChI is InChI=1S/C24H32N4O2/c1-19(2)26-22(29)18-27-13-15-28(16-14-27)23(30)17-25-24(20-9-5-3-6-10-20)21-11-7-4-8-12-21/h3-12,19,24-25H,13-18H2,1-2H3,(H,26,29). The number of benzene rings is 2. The predicted octanol–water partition coefficient (Wildman–Crippen LogP) is 2.03. The van der Waals surface area contributed by atoms with E-state index in [1.165, 1.54) is 0 Å². The number of carbonyl (C=O) groups excluding carboxylic acids is 2. The minimum absolute atomic E-state index is 0.0302. The maximum Gasteiger partial charge on any atom is 0.236 e. The van der Waals surface area contributed by atoms with Crippen molar-refractivity contribution in [1.82, 2.24) is 20.4 Å². The Kier molecular flexibility index (Phi) is 7.99. The smallest absolute Gasteiger partial charge is 0.236 e. The zero-order valence-electron chi connectivity index (χ0n) is 17.9. The summed E-state index contributed by atoms with van der Waals surface area (Å²) in [5, 5.41) is 6.36. The number of hydrogen-bond donors (Lipinski definition) is 2. The lowest BCUT2D eigenvalue weighted by Gasteiger charge is -2.34.